The molecular weight excluding hydrogens is 484 g/mol. The second-order valence-electron chi connectivity index (χ2n) is 9.52. The second kappa shape index (κ2) is 11.5. The van der Waals surface area contributed by atoms with E-state index in [9.17, 15) is 13.6 Å². The summed E-state index contributed by atoms with van der Waals surface area (Å²) in [5, 5.41) is 3.12. The molecule has 1 N–H and O–H groups in total. The Kier molecular flexibility index (Phi) is 7.70. The lowest BCUT2D eigenvalue weighted by molar-refractivity contribution is 0.0928. The number of hydrogen-bond acceptors (Lipinski definition) is 5. The van der Waals surface area contributed by atoms with Gasteiger partial charge in [-0.25, -0.2) is 18.7 Å². The van der Waals surface area contributed by atoms with Crippen molar-refractivity contribution in [2.24, 2.45) is 0 Å². The van der Waals surface area contributed by atoms with Crippen LogP contribution in [0.15, 0.2) is 85.2 Å². The van der Waals surface area contributed by atoms with Gasteiger partial charge in [-0.2, -0.15) is 0 Å². The highest BCUT2D eigenvalue weighted by Gasteiger charge is 2.21. The Hall–Kier alpha value is -4.17. The van der Waals surface area contributed by atoms with Crippen molar-refractivity contribution in [3.05, 3.63) is 102 Å². The SMILES string of the molecule is CC(CN1CCN(c2ncccn2)CC1)NC(=O)c1cc(-c2ccc(F)cc2)cc(-c2ccc(F)cc2)c1. The number of piperazine rings is 1. The number of anilines is 1. The maximum absolute atomic E-state index is 13.5. The summed E-state index contributed by atoms with van der Waals surface area (Å²) < 4.78 is 27.0. The third-order valence-corrected chi connectivity index (χ3v) is 6.67. The highest BCUT2D eigenvalue weighted by Crippen LogP contribution is 2.29. The minimum absolute atomic E-state index is 0.0780. The van der Waals surface area contributed by atoms with Crippen molar-refractivity contribution in [1.82, 2.24) is 20.2 Å². The van der Waals surface area contributed by atoms with Crippen molar-refractivity contribution in [3.8, 4) is 22.3 Å². The minimum atomic E-state index is -0.327. The molecule has 0 spiro atoms. The van der Waals surface area contributed by atoms with Gasteiger partial charge in [0.25, 0.3) is 5.91 Å². The molecule has 5 rings (SSSR count). The smallest absolute Gasteiger partial charge is 0.251 e. The molecule has 8 heteroatoms. The molecule has 38 heavy (non-hydrogen) atoms. The molecule has 0 saturated carbocycles. The maximum atomic E-state index is 13.5. The molecule has 1 saturated heterocycles. The zero-order valence-corrected chi connectivity index (χ0v) is 21.1. The van der Waals surface area contributed by atoms with Crippen LogP contribution in [0.4, 0.5) is 14.7 Å². The zero-order valence-electron chi connectivity index (χ0n) is 21.1. The molecule has 2 heterocycles. The Bertz CT molecular complexity index is 1310. The van der Waals surface area contributed by atoms with Crippen molar-refractivity contribution >= 4 is 11.9 Å². The van der Waals surface area contributed by atoms with E-state index in [1.165, 1.54) is 24.3 Å². The van der Waals surface area contributed by atoms with Crippen LogP contribution in [-0.4, -0.2) is 59.5 Å². The Balaban J connectivity index is 1.29. The highest BCUT2D eigenvalue weighted by molar-refractivity contribution is 5.97. The number of rotatable bonds is 7. The Morgan fingerprint density at radius 3 is 1.87 bits per heavy atom. The standard InChI is InChI=1S/C30H29F2N5O/c1-21(20-36-13-15-37(16-14-36)30-33-11-2-12-34-30)35-29(38)26-18-24(22-3-7-27(31)8-4-22)17-25(19-26)23-5-9-28(32)10-6-23/h2-12,17-19,21H,13-16,20H2,1H3,(H,35,38). The van der Waals surface area contributed by atoms with Crippen molar-refractivity contribution in [2.75, 3.05) is 37.6 Å². The van der Waals surface area contributed by atoms with Crippen molar-refractivity contribution in [2.45, 2.75) is 13.0 Å². The fourth-order valence-electron chi connectivity index (χ4n) is 4.70. The van der Waals surface area contributed by atoms with E-state index in [0.717, 1.165) is 60.9 Å². The van der Waals surface area contributed by atoms with E-state index >= 15 is 0 Å². The zero-order chi connectivity index (χ0) is 26.5. The van der Waals surface area contributed by atoms with Gasteiger partial charge in [0.2, 0.25) is 5.95 Å². The van der Waals surface area contributed by atoms with Gasteiger partial charge in [-0.05, 0) is 77.7 Å². The molecule has 4 aromatic rings. The number of nitrogens with one attached hydrogen (secondary N) is 1. The Morgan fingerprint density at radius 2 is 1.34 bits per heavy atom. The van der Waals surface area contributed by atoms with Gasteiger partial charge in [0.05, 0.1) is 0 Å². The van der Waals surface area contributed by atoms with Gasteiger partial charge in [0.1, 0.15) is 11.6 Å². The molecule has 1 atom stereocenters. The summed E-state index contributed by atoms with van der Waals surface area (Å²) in [5.74, 6) is -0.104. The van der Waals surface area contributed by atoms with E-state index < -0.39 is 0 Å². The number of aromatic nitrogens is 2. The molecular formula is C30H29F2N5O. The molecule has 1 fully saturated rings. The van der Waals surface area contributed by atoms with Gasteiger partial charge in [-0.3, -0.25) is 9.69 Å². The summed E-state index contributed by atoms with van der Waals surface area (Å²) in [6, 6.07) is 19.6. The maximum Gasteiger partial charge on any atom is 0.251 e. The average molecular weight is 514 g/mol. The Labute approximate surface area is 221 Å². The summed E-state index contributed by atoms with van der Waals surface area (Å²) in [5.41, 5.74) is 3.63. The number of benzene rings is 3. The van der Waals surface area contributed by atoms with Crippen molar-refractivity contribution < 1.29 is 13.6 Å². The van der Waals surface area contributed by atoms with Crippen LogP contribution in [0.3, 0.4) is 0 Å². The molecule has 1 unspecified atom stereocenters. The van der Waals surface area contributed by atoms with Gasteiger partial charge in [0, 0.05) is 56.7 Å². The number of hydrogen-bond donors (Lipinski definition) is 1. The second-order valence-corrected chi connectivity index (χ2v) is 9.52. The molecule has 6 nitrogen and oxygen atoms in total. The van der Waals surface area contributed by atoms with E-state index in [2.05, 4.69) is 25.1 Å². The van der Waals surface area contributed by atoms with Crippen LogP contribution in [0.1, 0.15) is 17.3 Å². The van der Waals surface area contributed by atoms with Crippen LogP contribution >= 0.6 is 0 Å². The molecule has 1 aromatic heterocycles. The quantitative estimate of drug-likeness (QED) is 0.376. The lowest BCUT2D eigenvalue weighted by Gasteiger charge is -2.35. The van der Waals surface area contributed by atoms with Crippen LogP contribution in [0.2, 0.25) is 0 Å². The topological polar surface area (TPSA) is 61.4 Å². The molecule has 1 aliphatic heterocycles. The minimum Gasteiger partial charge on any atom is -0.348 e. The summed E-state index contributed by atoms with van der Waals surface area (Å²) in [6.07, 6.45) is 3.50. The number of nitrogens with zero attached hydrogens (tertiary/aromatic N) is 4. The monoisotopic (exact) mass is 513 g/mol. The van der Waals surface area contributed by atoms with Crippen LogP contribution in [0, 0.1) is 11.6 Å². The summed E-state index contributed by atoms with van der Waals surface area (Å²) in [4.78, 5) is 26.5. The lowest BCUT2D eigenvalue weighted by atomic mass is 9.95. The molecule has 1 aliphatic rings. The van der Waals surface area contributed by atoms with Crippen LogP contribution in [-0.2, 0) is 0 Å². The molecule has 3 aromatic carbocycles. The summed E-state index contributed by atoms with van der Waals surface area (Å²) in [7, 11) is 0. The molecule has 0 aliphatic carbocycles. The van der Waals surface area contributed by atoms with Crippen molar-refractivity contribution in [3.63, 3.8) is 0 Å². The number of halogens is 2. The van der Waals surface area contributed by atoms with E-state index in [1.807, 2.05) is 19.1 Å². The van der Waals surface area contributed by atoms with Crippen LogP contribution in [0.5, 0.6) is 0 Å². The number of carbonyl (C=O) groups excluding carboxylic acids is 1. The van der Waals surface area contributed by atoms with E-state index in [0.29, 0.717) is 5.56 Å². The first-order valence-corrected chi connectivity index (χ1v) is 12.7. The van der Waals surface area contributed by atoms with E-state index in [4.69, 9.17) is 0 Å². The third-order valence-electron chi connectivity index (χ3n) is 6.67. The largest absolute Gasteiger partial charge is 0.348 e. The van der Waals surface area contributed by atoms with Crippen LogP contribution < -0.4 is 10.2 Å². The lowest BCUT2D eigenvalue weighted by Crippen LogP contribution is -2.51. The summed E-state index contributed by atoms with van der Waals surface area (Å²) >= 11 is 0. The fourth-order valence-corrected chi connectivity index (χ4v) is 4.70. The molecule has 0 radical (unpaired) electrons. The van der Waals surface area contributed by atoms with Gasteiger partial charge >= 0.3 is 0 Å². The van der Waals surface area contributed by atoms with Crippen molar-refractivity contribution in [1.29, 1.82) is 0 Å². The summed E-state index contributed by atoms with van der Waals surface area (Å²) in [6.45, 7) is 6.07. The predicted molar refractivity (Wildman–Crippen MR) is 145 cm³/mol. The van der Waals surface area contributed by atoms with Gasteiger partial charge in [-0.1, -0.05) is 24.3 Å². The normalized spacial score (nSPS) is 14.8. The molecule has 194 valence electrons. The Morgan fingerprint density at radius 1 is 0.816 bits per heavy atom. The third kappa shape index (κ3) is 6.20. The number of carbonyl (C=O) groups is 1. The van der Waals surface area contributed by atoms with E-state index in [1.54, 1.807) is 48.8 Å². The van der Waals surface area contributed by atoms with Gasteiger partial charge < -0.3 is 10.2 Å². The fraction of sp³-hybridized carbons (Fsp3) is 0.233. The first kappa shape index (κ1) is 25.5. The van der Waals surface area contributed by atoms with Gasteiger partial charge in [0.15, 0.2) is 0 Å². The molecule has 1 amide bonds. The molecule has 0 bridgehead atoms. The number of amides is 1. The first-order chi connectivity index (χ1) is 18.4. The van der Waals surface area contributed by atoms with Crippen LogP contribution in [0.25, 0.3) is 22.3 Å². The van der Waals surface area contributed by atoms with Gasteiger partial charge in [-0.15, -0.1) is 0 Å². The average Bonchev–Trinajstić information content (AvgIpc) is 2.94. The van der Waals surface area contributed by atoms with E-state index in [-0.39, 0.29) is 23.6 Å². The highest BCUT2D eigenvalue weighted by atomic mass is 19.1. The first-order valence-electron chi connectivity index (χ1n) is 12.7. The predicted octanol–water partition coefficient (Wildman–Crippen LogP) is 5.03.